The monoisotopic (exact) mass is 236 g/mol. The molecule has 0 radical (unpaired) electrons. The Kier molecular flexibility index (Phi) is 3.88. The molecule has 0 spiro atoms. The van der Waals surface area contributed by atoms with E-state index < -0.39 is 12.0 Å². The van der Waals surface area contributed by atoms with Crippen molar-refractivity contribution in [1.82, 2.24) is 4.98 Å². The molecule has 0 saturated carbocycles. The number of hydrogen-bond acceptors (Lipinski definition) is 2. The van der Waals surface area contributed by atoms with E-state index in [0.717, 1.165) is 22.0 Å². The maximum atomic E-state index is 10.7. The normalized spacial score (nSPS) is 12.1. The van der Waals surface area contributed by atoms with E-state index in [9.17, 15) is 4.79 Å². The van der Waals surface area contributed by atoms with Gasteiger partial charge in [-0.3, -0.25) is 4.79 Å². The number of aliphatic carboxylic acids is 1. The summed E-state index contributed by atoms with van der Waals surface area (Å²) in [5.41, 5.74) is 8.64. The number of nitrogens with two attached hydrogens (primary N) is 1. The van der Waals surface area contributed by atoms with Crippen LogP contribution >= 0.6 is 0 Å². The van der Waals surface area contributed by atoms with Crippen LogP contribution in [0.2, 0.25) is 0 Å². The molecule has 92 valence electrons. The summed E-state index contributed by atoms with van der Waals surface area (Å²) in [4.78, 5) is 13.8. The van der Waals surface area contributed by atoms with Gasteiger partial charge in [0.05, 0.1) is 0 Å². The summed E-state index contributed by atoms with van der Waals surface area (Å²) in [6.45, 7) is 2.01. The Morgan fingerprint density at radius 1 is 1.53 bits per heavy atom. The van der Waals surface area contributed by atoms with Crippen LogP contribution in [-0.2, 0) is 11.2 Å². The van der Waals surface area contributed by atoms with Gasteiger partial charge < -0.3 is 21.3 Å². The Balaban J connectivity index is 0.00000144. The van der Waals surface area contributed by atoms with Crippen molar-refractivity contribution in [3.63, 3.8) is 0 Å². The summed E-state index contributed by atoms with van der Waals surface area (Å²) in [6, 6.07) is 5.19. The second-order valence-corrected chi connectivity index (χ2v) is 4.01. The van der Waals surface area contributed by atoms with E-state index in [1.807, 2.05) is 31.3 Å². The van der Waals surface area contributed by atoms with Crippen LogP contribution in [0.3, 0.4) is 0 Å². The molecule has 6 N–H and O–H groups in total. The molecule has 1 heterocycles. The topological polar surface area (TPSA) is 111 Å². The number of carboxylic acids is 1. The molecule has 0 aliphatic rings. The number of benzene rings is 1. The number of carboxylic acid groups (broad SMARTS) is 1. The molecule has 1 aromatic heterocycles. The fourth-order valence-electron chi connectivity index (χ4n) is 1.79. The molecule has 0 unspecified atom stereocenters. The van der Waals surface area contributed by atoms with E-state index in [4.69, 9.17) is 10.8 Å². The van der Waals surface area contributed by atoms with Crippen molar-refractivity contribution in [3.8, 4) is 0 Å². The molecule has 0 saturated heterocycles. The first-order valence-corrected chi connectivity index (χ1v) is 5.13. The van der Waals surface area contributed by atoms with Gasteiger partial charge in [0.2, 0.25) is 0 Å². The van der Waals surface area contributed by atoms with Gasteiger partial charge in [-0.05, 0) is 24.6 Å². The van der Waals surface area contributed by atoms with Crippen molar-refractivity contribution in [2.75, 3.05) is 0 Å². The van der Waals surface area contributed by atoms with E-state index in [1.165, 1.54) is 0 Å². The summed E-state index contributed by atoms with van der Waals surface area (Å²) in [5.74, 6) is -0.970. The summed E-state index contributed by atoms with van der Waals surface area (Å²) in [6.07, 6.45) is 2.17. The van der Waals surface area contributed by atoms with Crippen LogP contribution in [-0.4, -0.2) is 27.6 Å². The van der Waals surface area contributed by atoms with Crippen molar-refractivity contribution in [2.45, 2.75) is 19.4 Å². The molecule has 17 heavy (non-hydrogen) atoms. The third-order valence-electron chi connectivity index (χ3n) is 2.68. The van der Waals surface area contributed by atoms with Crippen LogP contribution in [0.5, 0.6) is 0 Å². The number of hydrogen-bond donors (Lipinski definition) is 3. The minimum Gasteiger partial charge on any atom is -0.480 e. The van der Waals surface area contributed by atoms with Gasteiger partial charge in [0.1, 0.15) is 6.04 Å². The number of aromatic amines is 1. The number of aryl methyl sites for hydroxylation is 1. The highest BCUT2D eigenvalue weighted by Gasteiger charge is 2.14. The molecule has 2 aromatic rings. The third kappa shape index (κ3) is 2.64. The summed E-state index contributed by atoms with van der Waals surface area (Å²) < 4.78 is 0. The number of carbonyl (C=O) groups is 1. The van der Waals surface area contributed by atoms with Gasteiger partial charge in [0, 0.05) is 23.5 Å². The standard InChI is InChI=1S/C12H14N2O2.H2O/c1-7-2-3-11-9(4-7)8(6-14-11)5-10(13)12(15)16;/h2-4,6,10,14H,5,13H2,1H3,(H,15,16);1H2/t10-;/m0./s1. The minimum atomic E-state index is -0.970. The van der Waals surface area contributed by atoms with Crippen LogP contribution in [0.25, 0.3) is 10.9 Å². The van der Waals surface area contributed by atoms with Crippen molar-refractivity contribution < 1.29 is 15.4 Å². The highest BCUT2D eigenvalue weighted by Crippen LogP contribution is 2.20. The Labute approximate surface area is 98.6 Å². The van der Waals surface area contributed by atoms with Crippen LogP contribution in [0.1, 0.15) is 11.1 Å². The van der Waals surface area contributed by atoms with Crippen molar-refractivity contribution >= 4 is 16.9 Å². The molecule has 0 bridgehead atoms. The summed E-state index contributed by atoms with van der Waals surface area (Å²) in [5, 5.41) is 9.82. The van der Waals surface area contributed by atoms with E-state index >= 15 is 0 Å². The van der Waals surface area contributed by atoms with Crippen LogP contribution in [0.15, 0.2) is 24.4 Å². The molecule has 0 fully saturated rings. The lowest BCUT2D eigenvalue weighted by molar-refractivity contribution is -0.138. The lowest BCUT2D eigenvalue weighted by atomic mass is 10.0. The second kappa shape index (κ2) is 4.99. The highest BCUT2D eigenvalue weighted by atomic mass is 16.4. The van der Waals surface area contributed by atoms with Gasteiger partial charge in [0.15, 0.2) is 0 Å². The zero-order valence-electron chi connectivity index (χ0n) is 9.53. The Morgan fingerprint density at radius 3 is 2.88 bits per heavy atom. The largest absolute Gasteiger partial charge is 0.480 e. The molecule has 0 aliphatic heterocycles. The Hall–Kier alpha value is -1.85. The minimum absolute atomic E-state index is 0. The molecule has 0 amide bonds. The predicted octanol–water partition coefficient (Wildman–Crippen LogP) is 0.606. The van der Waals surface area contributed by atoms with Gasteiger partial charge in [-0.1, -0.05) is 11.6 Å². The predicted molar refractivity (Wildman–Crippen MR) is 66.0 cm³/mol. The lowest BCUT2D eigenvalue weighted by Gasteiger charge is -2.05. The third-order valence-corrected chi connectivity index (χ3v) is 2.68. The Morgan fingerprint density at radius 2 is 2.24 bits per heavy atom. The average molecular weight is 236 g/mol. The van der Waals surface area contributed by atoms with E-state index in [0.29, 0.717) is 6.42 Å². The van der Waals surface area contributed by atoms with E-state index in [2.05, 4.69) is 4.98 Å². The number of H-pyrrole nitrogens is 1. The van der Waals surface area contributed by atoms with Crippen LogP contribution < -0.4 is 5.73 Å². The smallest absolute Gasteiger partial charge is 0.320 e. The molecule has 0 aliphatic carbocycles. The molecule has 5 heteroatoms. The Bertz CT molecular complexity index is 534. The molecule has 2 rings (SSSR count). The van der Waals surface area contributed by atoms with Gasteiger partial charge in [-0.2, -0.15) is 0 Å². The lowest BCUT2D eigenvalue weighted by Crippen LogP contribution is -2.32. The number of aromatic nitrogens is 1. The zero-order valence-corrected chi connectivity index (χ0v) is 9.53. The zero-order chi connectivity index (χ0) is 11.7. The number of nitrogens with one attached hydrogen (secondary N) is 1. The van der Waals surface area contributed by atoms with Crippen LogP contribution in [0.4, 0.5) is 0 Å². The van der Waals surface area contributed by atoms with Crippen molar-refractivity contribution in [2.24, 2.45) is 5.73 Å². The quantitative estimate of drug-likeness (QED) is 0.725. The maximum absolute atomic E-state index is 10.7. The van der Waals surface area contributed by atoms with Gasteiger partial charge in [-0.15, -0.1) is 0 Å². The van der Waals surface area contributed by atoms with Gasteiger partial charge in [-0.25, -0.2) is 0 Å². The number of rotatable bonds is 3. The molecule has 1 atom stereocenters. The summed E-state index contributed by atoms with van der Waals surface area (Å²) in [7, 11) is 0. The van der Waals surface area contributed by atoms with Crippen LogP contribution in [0, 0.1) is 6.92 Å². The molecule has 5 nitrogen and oxygen atoms in total. The SMILES string of the molecule is Cc1ccc2[nH]cc(C[C@H](N)C(=O)O)c2c1.O. The fraction of sp³-hybridized carbons (Fsp3) is 0.250. The van der Waals surface area contributed by atoms with Gasteiger partial charge in [0.25, 0.3) is 0 Å². The van der Waals surface area contributed by atoms with E-state index in [1.54, 1.807) is 0 Å². The summed E-state index contributed by atoms with van der Waals surface area (Å²) >= 11 is 0. The first-order chi connectivity index (χ1) is 7.58. The first-order valence-electron chi connectivity index (χ1n) is 5.13. The van der Waals surface area contributed by atoms with Crippen molar-refractivity contribution in [1.29, 1.82) is 0 Å². The second-order valence-electron chi connectivity index (χ2n) is 4.01. The highest BCUT2D eigenvalue weighted by molar-refractivity contribution is 5.85. The first kappa shape index (κ1) is 13.2. The van der Waals surface area contributed by atoms with Gasteiger partial charge >= 0.3 is 5.97 Å². The molecular weight excluding hydrogens is 220 g/mol. The number of fused-ring (bicyclic) bond motifs is 1. The van der Waals surface area contributed by atoms with E-state index in [-0.39, 0.29) is 5.48 Å². The molecular formula is C12H16N2O3. The fourth-order valence-corrected chi connectivity index (χ4v) is 1.79. The maximum Gasteiger partial charge on any atom is 0.320 e. The molecule has 1 aromatic carbocycles. The average Bonchev–Trinajstić information content (AvgIpc) is 2.61. The van der Waals surface area contributed by atoms with Crippen molar-refractivity contribution in [3.05, 3.63) is 35.5 Å².